The third-order valence-corrected chi connectivity index (χ3v) is 6.77. The quantitative estimate of drug-likeness (QED) is 0.856. The highest BCUT2D eigenvalue weighted by Gasteiger charge is 2.55. The van der Waals surface area contributed by atoms with Gasteiger partial charge in [-0.2, -0.15) is 5.10 Å². The lowest BCUT2D eigenvalue weighted by Gasteiger charge is -2.41. The number of hydrogen-bond acceptors (Lipinski definition) is 6. The SMILES string of the molecule is Cc1nc([C@@]23CCN(C(=O)c4cscn4)C[C@@H]2CN(C(=O)C2CC2)C3)n[nH]1. The number of H-pyrrole nitrogens is 1. The number of likely N-dealkylation sites (tertiary alicyclic amines) is 2. The van der Waals surface area contributed by atoms with E-state index in [4.69, 9.17) is 0 Å². The fraction of sp³-hybridized carbons (Fsp3) is 0.611. The molecule has 5 rings (SSSR count). The van der Waals surface area contributed by atoms with Gasteiger partial charge in [0.15, 0.2) is 5.82 Å². The molecule has 2 aliphatic heterocycles. The van der Waals surface area contributed by atoms with E-state index in [0.29, 0.717) is 31.9 Å². The summed E-state index contributed by atoms with van der Waals surface area (Å²) in [6.45, 7) is 4.46. The molecule has 2 amide bonds. The van der Waals surface area contributed by atoms with E-state index in [1.807, 2.05) is 16.7 Å². The Morgan fingerprint density at radius 2 is 2.11 bits per heavy atom. The van der Waals surface area contributed by atoms with Gasteiger partial charge in [0.1, 0.15) is 11.5 Å². The van der Waals surface area contributed by atoms with E-state index >= 15 is 0 Å². The van der Waals surface area contributed by atoms with Crippen LogP contribution in [-0.4, -0.2) is 68.0 Å². The molecule has 1 aliphatic carbocycles. The molecular formula is C18H22N6O2S. The Kier molecular flexibility index (Phi) is 3.82. The summed E-state index contributed by atoms with van der Waals surface area (Å²) < 4.78 is 0. The van der Waals surface area contributed by atoms with Crippen molar-refractivity contribution in [3.8, 4) is 0 Å². The van der Waals surface area contributed by atoms with E-state index in [2.05, 4.69) is 20.2 Å². The topological polar surface area (TPSA) is 95.1 Å². The highest BCUT2D eigenvalue weighted by molar-refractivity contribution is 7.07. The number of aryl methyl sites for hydroxylation is 1. The molecule has 4 heterocycles. The molecule has 3 fully saturated rings. The molecule has 0 spiro atoms. The Morgan fingerprint density at radius 3 is 2.78 bits per heavy atom. The molecule has 27 heavy (non-hydrogen) atoms. The van der Waals surface area contributed by atoms with Crippen molar-refractivity contribution >= 4 is 23.2 Å². The fourth-order valence-corrected chi connectivity index (χ4v) is 5.06. The van der Waals surface area contributed by atoms with Crippen LogP contribution in [0.4, 0.5) is 0 Å². The van der Waals surface area contributed by atoms with Crippen LogP contribution in [0.1, 0.15) is 41.4 Å². The normalized spacial score (nSPS) is 27.7. The summed E-state index contributed by atoms with van der Waals surface area (Å²) in [7, 11) is 0. The number of carbonyl (C=O) groups is 2. The van der Waals surface area contributed by atoms with Crippen LogP contribution in [0.5, 0.6) is 0 Å². The number of rotatable bonds is 3. The number of nitrogens with zero attached hydrogens (tertiary/aromatic N) is 5. The van der Waals surface area contributed by atoms with Crippen LogP contribution in [0.25, 0.3) is 0 Å². The predicted octanol–water partition coefficient (Wildman–Crippen LogP) is 1.22. The van der Waals surface area contributed by atoms with Crippen molar-refractivity contribution < 1.29 is 9.59 Å². The first-order valence-electron chi connectivity index (χ1n) is 9.42. The maximum Gasteiger partial charge on any atom is 0.273 e. The highest BCUT2D eigenvalue weighted by atomic mass is 32.1. The van der Waals surface area contributed by atoms with Gasteiger partial charge in [0.2, 0.25) is 5.91 Å². The number of piperidine rings is 1. The van der Waals surface area contributed by atoms with Crippen LogP contribution < -0.4 is 0 Å². The lowest BCUT2D eigenvalue weighted by atomic mass is 9.72. The first-order valence-corrected chi connectivity index (χ1v) is 10.4. The van der Waals surface area contributed by atoms with Gasteiger partial charge in [-0.05, 0) is 26.2 Å². The number of fused-ring (bicyclic) bond motifs is 1. The molecule has 0 aromatic carbocycles. The van der Waals surface area contributed by atoms with Gasteiger partial charge in [-0.25, -0.2) is 9.97 Å². The van der Waals surface area contributed by atoms with E-state index < -0.39 is 0 Å². The second kappa shape index (κ2) is 6.12. The largest absolute Gasteiger partial charge is 0.341 e. The van der Waals surface area contributed by atoms with Gasteiger partial charge in [-0.3, -0.25) is 14.7 Å². The number of aromatic amines is 1. The van der Waals surface area contributed by atoms with Crippen LogP contribution >= 0.6 is 11.3 Å². The molecule has 0 radical (unpaired) electrons. The van der Waals surface area contributed by atoms with Crippen molar-refractivity contribution in [2.24, 2.45) is 11.8 Å². The minimum atomic E-state index is -0.270. The molecule has 142 valence electrons. The van der Waals surface area contributed by atoms with Crippen molar-refractivity contribution in [2.75, 3.05) is 26.2 Å². The number of hydrogen-bond donors (Lipinski definition) is 1. The summed E-state index contributed by atoms with van der Waals surface area (Å²) in [5.74, 6) is 2.15. The van der Waals surface area contributed by atoms with Crippen molar-refractivity contribution in [3.05, 3.63) is 28.2 Å². The molecule has 2 saturated heterocycles. The summed E-state index contributed by atoms with van der Waals surface area (Å²) in [4.78, 5) is 38.2. The Morgan fingerprint density at radius 1 is 1.30 bits per heavy atom. The van der Waals surface area contributed by atoms with Crippen molar-refractivity contribution in [1.82, 2.24) is 30.0 Å². The van der Waals surface area contributed by atoms with Gasteiger partial charge < -0.3 is 9.80 Å². The zero-order valence-electron chi connectivity index (χ0n) is 15.2. The van der Waals surface area contributed by atoms with E-state index in [-0.39, 0.29) is 29.1 Å². The first-order chi connectivity index (χ1) is 13.1. The molecule has 9 heteroatoms. The number of thiazole rings is 1. The average Bonchev–Trinajstić information content (AvgIpc) is 3.08. The second-order valence-electron chi connectivity index (χ2n) is 7.97. The maximum absolute atomic E-state index is 12.8. The Hall–Kier alpha value is -2.29. The summed E-state index contributed by atoms with van der Waals surface area (Å²) in [5.41, 5.74) is 1.92. The van der Waals surface area contributed by atoms with Crippen LogP contribution in [0.2, 0.25) is 0 Å². The van der Waals surface area contributed by atoms with Gasteiger partial charge in [0, 0.05) is 43.4 Å². The van der Waals surface area contributed by atoms with E-state index in [0.717, 1.165) is 30.9 Å². The number of carbonyl (C=O) groups excluding carboxylic acids is 2. The minimum absolute atomic E-state index is 0.0250. The van der Waals surface area contributed by atoms with E-state index in [9.17, 15) is 9.59 Å². The number of aromatic nitrogens is 4. The molecule has 8 nitrogen and oxygen atoms in total. The van der Waals surface area contributed by atoms with Crippen LogP contribution in [0.3, 0.4) is 0 Å². The van der Waals surface area contributed by atoms with Crippen molar-refractivity contribution in [1.29, 1.82) is 0 Å². The van der Waals surface area contributed by atoms with E-state index in [1.165, 1.54) is 11.3 Å². The monoisotopic (exact) mass is 386 g/mol. The molecule has 3 aliphatic rings. The van der Waals surface area contributed by atoms with E-state index in [1.54, 1.807) is 10.9 Å². The van der Waals surface area contributed by atoms with Crippen LogP contribution in [0.15, 0.2) is 10.9 Å². The molecule has 0 bridgehead atoms. The third kappa shape index (κ3) is 2.75. The van der Waals surface area contributed by atoms with Crippen LogP contribution in [-0.2, 0) is 10.2 Å². The van der Waals surface area contributed by atoms with Crippen LogP contribution in [0, 0.1) is 18.8 Å². The summed E-state index contributed by atoms with van der Waals surface area (Å²) in [6.07, 6.45) is 2.77. The zero-order chi connectivity index (χ0) is 18.6. The van der Waals surface area contributed by atoms with Gasteiger partial charge in [-0.1, -0.05) is 0 Å². The smallest absolute Gasteiger partial charge is 0.273 e. The Balaban J connectivity index is 1.43. The summed E-state index contributed by atoms with van der Waals surface area (Å²) in [6, 6.07) is 0. The fourth-order valence-electron chi connectivity index (χ4n) is 4.53. The first kappa shape index (κ1) is 16.9. The third-order valence-electron chi connectivity index (χ3n) is 6.18. The summed E-state index contributed by atoms with van der Waals surface area (Å²) in [5, 5.41) is 9.21. The van der Waals surface area contributed by atoms with Gasteiger partial charge in [-0.15, -0.1) is 11.3 Å². The second-order valence-corrected chi connectivity index (χ2v) is 8.68. The molecule has 2 aromatic heterocycles. The molecular weight excluding hydrogens is 364 g/mol. The lowest BCUT2D eigenvalue weighted by Crippen LogP contribution is -2.52. The molecule has 2 atom stereocenters. The maximum atomic E-state index is 12.8. The standard InChI is InChI=1S/C18H22N6O2S/c1-11-20-17(22-21-11)18-4-5-23(16(26)14-8-27-10-19-14)6-13(18)7-24(9-18)15(25)12-2-3-12/h8,10,12-13H,2-7,9H2,1H3,(H,20,21,22)/t13-,18-/m1/s1. The molecule has 0 unspecified atom stereocenters. The highest BCUT2D eigenvalue weighted by Crippen LogP contribution is 2.45. The average molecular weight is 386 g/mol. The minimum Gasteiger partial charge on any atom is -0.341 e. The lowest BCUT2D eigenvalue weighted by molar-refractivity contribution is -0.131. The van der Waals surface area contributed by atoms with Crippen molar-refractivity contribution in [3.63, 3.8) is 0 Å². The van der Waals surface area contributed by atoms with Crippen molar-refractivity contribution in [2.45, 2.75) is 31.6 Å². The van der Waals surface area contributed by atoms with Gasteiger partial charge in [0.05, 0.1) is 10.9 Å². The molecule has 2 aromatic rings. The van der Waals surface area contributed by atoms with Gasteiger partial charge in [0.25, 0.3) is 5.91 Å². The molecule has 1 N–H and O–H groups in total. The number of nitrogens with one attached hydrogen (secondary N) is 1. The zero-order valence-corrected chi connectivity index (χ0v) is 16.0. The van der Waals surface area contributed by atoms with Gasteiger partial charge >= 0.3 is 0 Å². The Labute approximate surface area is 161 Å². The summed E-state index contributed by atoms with van der Waals surface area (Å²) >= 11 is 1.43. The predicted molar refractivity (Wildman–Crippen MR) is 98.2 cm³/mol. The Bertz CT molecular complexity index is 876. The molecule has 1 saturated carbocycles. The number of amides is 2.